The van der Waals surface area contributed by atoms with Crippen molar-refractivity contribution in [1.29, 1.82) is 0 Å². The van der Waals surface area contributed by atoms with Crippen LogP contribution >= 0.6 is 11.3 Å². The Morgan fingerprint density at radius 3 is 2.95 bits per heavy atom. The summed E-state index contributed by atoms with van der Waals surface area (Å²) in [4.78, 5) is 19.4. The summed E-state index contributed by atoms with van der Waals surface area (Å²) >= 11 is 1.75. The van der Waals surface area contributed by atoms with E-state index in [0.717, 1.165) is 51.4 Å². The zero-order valence-corrected chi connectivity index (χ0v) is 14.3. The lowest BCUT2D eigenvalue weighted by molar-refractivity contribution is -0.127. The molecule has 2 rings (SSSR count). The molecule has 6 heteroatoms. The van der Waals surface area contributed by atoms with Crippen molar-refractivity contribution in [3.8, 4) is 0 Å². The Morgan fingerprint density at radius 1 is 1.45 bits per heavy atom. The number of aliphatic imine (C=N–C) groups is 1. The van der Waals surface area contributed by atoms with Crippen molar-refractivity contribution >= 4 is 23.2 Å². The Bertz CT molecular complexity index is 512. The van der Waals surface area contributed by atoms with Gasteiger partial charge in [0.25, 0.3) is 0 Å². The van der Waals surface area contributed by atoms with E-state index in [2.05, 4.69) is 40.9 Å². The summed E-state index contributed by atoms with van der Waals surface area (Å²) in [7, 11) is 0. The molecule has 0 spiro atoms. The molecular formula is C16H26N4OS. The molecule has 5 nitrogen and oxygen atoms in total. The third-order valence-electron chi connectivity index (χ3n) is 3.76. The molecule has 0 bridgehead atoms. The van der Waals surface area contributed by atoms with Gasteiger partial charge in [-0.15, -0.1) is 11.3 Å². The van der Waals surface area contributed by atoms with Crippen LogP contribution in [0.2, 0.25) is 0 Å². The van der Waals surface area contributed by atoms with Gasteiger partial charge in [-0.05, 0) is 43.7 Å². The predicted octanol–water partition coefficient (Wildman–Crippen LogP) is 2.12. The normalized spacial score (nSPS) is 15.5. The predicted molar refractivity (Wildman–Crippen MR) is 92.3 cm³/mol. The number of hydrogen-bond acceptors (Lipinski definition) is 3. The minimum absolute atomic E-state index is 0.300. The van der Waals surface area contributed by atoms with Crippen molar-refractivity contribution in [3.05, 3.63) is 21.9 Å². The first-order chi connectivity index (χ1) is 10.7. The second kappa shape index (κ2) is 8.78. The fourth-order valence-corrected chi connectivity index (χ4v) is 3.31. The van der Waals surface area contributed by atoms with E-state index in [4.69, 9.17) is 0 Å². The highest BCUT2D eigenvalue weighted by molar-refractivity contribution is 7.10. The molecule has 0 atom stereocenters. The molecule has 0 radical (unpaired) electrons. The van der Waals surface area contributed by atoms with E-state index < -0.39 is 0 Å². The molecule has 1 amide bonds. The summed E-state index contributed by atoms with van der Waals surface area (Å²) < 4.78 is 0. The molecule has 2 N–H and O–H groups in total. The number of guanidine groups is 1. The van der Waals surface area contributed by atoms with Crippen LogP contribution in [-0.4, -0.2) is 42.9 Å². The third kappa shape index (κ3) is 5.02. The largest absolute Gasteiger partial charge is 0.357 e. The number of carbonyl (C=O) groups is 1. The van der Waals surface area contributed by atoms with E-state index in [-0.39, 0.29) is 0 Å². The number of rotatable bonds is 7. The minimum atomic E-state index is 0.300. The van der Waals surface area contributed by atoms with Crippen LogP contribution in [0.1, 0.15) is 36.6 Å². The Hall–Kier alpha value is -1.56. The maximum absolute atomic E-state index is 11.5. The Kier molecular flexibility index (Phi) is 6.71. The smallest absolute Gasteiger partial charge is 0.222 e. The van der Waals surface area contributed by atoms with Crippen LogP contribution in [0, 0.1) is 6.92 Å². The number of likely N-dealkylation sites (tertiary alicyclic amines) is 1. The van der Waals surface area contributed by atoms with E-state index in [9.17, 15) is 4.79 Å². The zero-order chi connectivity index (χ0) is 15.8. The van der Waals surface area contributed by atoms with E-state index in [1.165, 1.54) is 10.4 Å². The van der Waals surface area contributed by atoms with E-state index in [1.54, 1.807) is 11.3 Å². The van der Waals surface area contributed by atoms with Crippen LogP contribution in [0.15, 0.2) is 16.4 Å². The maximum atomic E-state index is 11.5. The number of nitrogens with one attached hydrogen (secondary N) is 2. The number of aryl methyl sites for hydroxylation is 1. The number of nitrogens with zero attached hydrogens (tertiary/aromatic N) is 2. The number of amides is 1. The summed E-state index contributed by atoms with van der Waals surface area (Å²) in [6, 6.07) is 2.13. The van der Waals surface area contributed by atoms with Crippen LogP contribution < -0.4 is 10.6 Å². The molecule has 0 aliphatic carbocycles. The molecule has 2 heterocycles. The average molecular weight is 322 g/mol. The second-order valence-electron chi connectivity index (χ2n) is 5.49. The minimum Gasteiger partial charge on any atom is -0.357 e. The van der Waals surface area contributed by atoms with Crippen molar-refractivity contribution in [2.24, 2.45) is 4.99 Å². The van der Waals surface area contributed by atoms with Crippen molar-refractivity contribution in [1.82, 2.24) is 15.5 Å². The maximum Gasteiger partial charge on any atom is 0.222 e. The van der Waals surface area contributed by atoms with E-state index in [0.29, 0.717) is 12.5 Å². The second-order valence-corrected chi connectivity index (χ2v) is 6.49. The van der Waals surface area contributed by atoms with Crippen LogP contribution in [0.4, 0.5) is 0 Å². The van der Waals surface area contributed by atoms with Gasteiger partial charge in [0.1, 0.15) is 0 Å². The monoisotopic (exact) mass is 322 g/mol. The standard InChI is InChI=1S/C16H26N4OS/c1-3-17-16(19-12-14-13(2)7-11-22-14)18-8-5-10-20-9-4-6-15(20)21/h7,11H,3-6,8-10,12H2,1-2H3,(H2,17,18,19). The van der Waals surface area contributed by atoms with Gasteiger partial charge in [-0.25, -0.2) is 4.99 Å². The molecule has 122 valence electrons. The highest BCUT2D eigenvalue weighted by Gasteiger charge is 2.18. The van der Waals surface area contributed by atoms with Gasteiger partial charge in [0, 0.05) is 37.5 Å². The van der Waals surface area contributed by atoms with Gasteiger partial charge in [-0.3, -0.25) is 4.79 Å². The fourth-order valence-electron chi connectivity index (χ4n) is 2.48. The molecule has 1 aliphatic heterocycles. The first-order valence-electron chi connectivity index (χ1n) is 8.03. The molecule has 0 aromatic carbocycles. The Morgan fingerprint density at radius 2 is 2.32 bits per heavy atom. The molecular weight excluding hydrogens is 296 g/mol. The van der Waals surface area contributed by atoms with Gasteiger partial charge in [-0.2, -0.15) is 0 Å². The van der Waals surface area contributed by atoms with Gasteiger partial charge in [0.15, 0.2) is 5.96 Å². The lowest BCUT2D eigenvalue weighted by atomic mass is 10.3. The summed E-state index contributed by atoms with van der Waals surface area (Å²) in [6.45, 7) is 8.34. The van der Waals surface area contributed by atoms with Gasteiger partial charge >= 0.3 is 0 Å². The van der Waals surface area contributed by atoms with Crippen molar-refractivity contribution in [2.75, 3.05) is 26.2 Å². The number of thiophene rings is 1. The van der Waals surface area contributed by atoms with Crippen LogP contribution in [0.5, 0.6) is 0 Å². The van der Waals surface area contributed by atoms with E-state index >= 15 is 0 Å². The van der Waals surface area contributed by atoms with E-state index in [1.807, 2.05) is 4.90 Å². The molecule has 1 fully saturated rings. The lowest BCUT2D eigenvalue weighted by Gasteiger charge is -2.16. The zero-order valence-electron chi connectivity index (χ0n) is 13.5. The first-order valence-corrected chi connectivity index (χ1v) is 8.91. The first kappa shape index (κ1) is 16.8. The van der Waals surface area contributed by atoms with Crippen LogP contribution in [-0.2, 0) is 11.3 Å². The molecule has 22 heavy (non-hydrogen) atoms. The van der Waals surface area contributed by atoms with Crippen LogP contribution in [0.3, 0.4) is 0 Å². The fraction of sp³-hybridized carbons (Fsp3) is 0.625. The Labute approximate surface area is 136 Å². The summed E-state index contributed by atoms with van der Waals surface area (Å²) in [6.07, 6.45) is 2.68. The van der Waals surface area contributed by atoms with Crippen molar-refractivity contribution in [3.63, 3.8) is 0 Å². The van der Waals surface area contributed by atoms with Gasteiger partial charge < -0.3 is 15.5 Å². The quantitative estimate of drug-likeness (QED) is 0.459. The van der Waals surface area contributed by atoms with Crippen molar-refractivity contribution in [2.45, 2.75) is 39.7 Å². The summed E-state index contributed by atoms with van der Waals surface area (Å²) in [5.41, 5.74) is 1.30. The molecule has 1 saturated heterocycles. The molecule has 0 unspecified atom stereocenters. The van der Waals surface area contributed by atoms with Gasteiger partial charge in [-0.1, -0.05) is 0 Å². The molecule has 1 aliphatic rings. The molecule has 1 aromatic rings. The van der Waals surface area contributed by atoms with Crippen molar-refractivity contribution < 1.29 is 4.79 Å². The van der Waals surface area contributed by atoms with Gasteiger partial charge in [0.05, 0.1) is 6.54 Å². The molecule has 0 saturated carbocycles. The average Bonchev–Trinajstić information content (AvgIpc) is 3.09. The SMILES string of the molecule is CCNC(=NCc1sccc1C)NCCCN1CCCC1=O. The highest BCUT2D eigenvalue weighted by Crippen LogP contribution is 2.16. The third-order valence-corrected chi connectivity index (χ3v) is 4.77. The highest BCUT2D eigenvalue weighted by atomic mass is 32.1. The summed E-state index contributed by atoms with van der Waals surface area (Å²) in [5.74, 6) is 1.15. The van der Waals surface area contributed by atoms with Crippen LogP contribution in [0.25, 0.3) is 0 Å². The van der Waals surface area contributed by atoms with Gasteiger partial charge in [0.2, 0.25) is 5.91 Å². The lowest BCUT2D eigenvalue weighted by Crippen LogP contribution is -2.39. The number of hydrogen-bond donors (Lipinski definition) is 2. The Balaban J connectivity index is 1.73. The summed E-state index contributed by atoms with van der Waals surface area (Å²) in [5, 5.41) is 8.72. The number of carbonyl (C=O) groups excluding carboxylic acids is 1. The topological polar surface area (TPSA) is 56.7 Å². The molecule has 1 aromatic heterocycles.